The second-order valence-electron chi connectivity index (χ2n) is 4.61. The first-order chi connectivity index (χ1) is 9.52. The molecule has 104 valence electrons. The zero-order valence-corrected chi connectivity index (χ0v) is 12.3. The first-order valence-electron chi connectivity index (χ1n) is 6.23. The smallest absolute Gasteiger partial charge is 0.223 e. The quantitative estimate of drug-likeness (QED) is 0.770. The fourth-order valence-electron chi connectivity index (χ4n) is 1.97. The third-order valence-corrected chi connectivity index (χ3v) is 3.96. The van der Waals surface area contributed by atoms with Crippen molar-refractivity contribution in [3.05, 3.63) is 28.3 Å². The van der Waals surface area contributed by atoms with E-state index in [0.29, 0.717) is 18.3 Å². The molecule has 7 heteroatoms. The zero-order valence-electron chi connectivity index (χ0n) is 11.5. The summed E-state index contributed by atoms with van der Waals surface area (Å²) < 4.78 is 5.54. The molecule has 3 N–H and O–H groups in total. The summed E-state index contributed by atoms with van der Waals surface area (Å²) in [5, 5.41) is 4.19. The van der Waals surface area contributed by atoms with Gasteiger partial charge < -0.3 is 15.5 Å². The number of hydrogen-bond acceptors (Lipinski definition) is 7. The Hall–Kier alpha value is -2.15. The van der Waals surface area contributed by atoms with Gasteiger partial charge in [-0.1, -0.05) is 0 Å². The monoisotopic (exact) mass is 289 g/mol. The van der Waals surface area contributed by atoms with Crippen molar-refractivity contribution in [2.45, 2.75) is 27.3 Å². The second-order valence-corrected chi connectivity index (χ2v) is 5.84. The minimum atomic E-state index is 0.265. The highest BCUT2D eigenvalue weighted by Crippen LogP contribution is 2.29. The van der Waals surface area contributed by atoms with E-state index in [1.54, 1.807) is 11.3 Å². The van der Waals surface area contributed by atoms with Crippen molar-refractivity contribution in [1.29, 1.82) is 0 Å². The van der Waals surface area contributed by atoms with Gasteiger partial charge in [0.25, 0.3) is 0 Å². The Morgan fingerprint density at radius 2 is 2.05 bits per heavy atom. The molecule has 0 aliphatic heterocycles. The molecule has 3 heterocycles. The van der Waals surface area contributed by atoms with Crippen LogP contribution in [0.15, 0.2) is 10.5 Å². The number of nitrogens with zero attached hydrogens (tertiary/aromatic N) is 3. The Labute approximate surface area is 120 Å². The van der Waals surface area contributed by atoms with Gasteiger partial charge in [-0.05, 0) is 26.8 Å². The van der Waals surface area contributed by atoms with Gasteiger partial charge in [0.15, 0.2) is 0 Å². The molecule has 0 unspecified atom stereocenters. The Balaban J connectivity index is 1.90. The molecule has 0 bridgehead atoms. The van der Waals surface area contributed by atoms with Crippen molar-refractivity contribution in [3.63, 3.8) is 0 Å². The van der Waals surface area contributed by atoms with Crippen molar-refractivity contribution in [1.82, 2.24) is 15.0 Å². The topological polar surface area (TPSA) is 89.9 Å². The Bertz CT molecular complexity index is 757. The van der Waals surface area contributed by atoms with Gasteiger partial charge in [0.1, 0.15) is 16.4 Å². The average molecular weight is 289 g/mol. The number of aryl methyl sites for hydroxylation is 3. The van der Waals surface area contributed by atoms with Crippen LogP contribution >= 0.6 is 11.3 Å². The lowest BCUT2D eigenvalue weighted by atomic mass is 10.3. The van der Waals surface area contributed by atoms with E-state index in [9.17, 15) is 0 Å². The molecule has 3 aromatic rings. The third-order valence-electron chi connectivity index (χ3n) is 3.01. The van der Waals surface area contributed by atoms with Crippen LogP contribution in [0.25, 0.3) is 10.2 Å². The number of hydrogen-bond donors (Lipinski definition) is 2. The van der Waals surface area contributed by atoms with Crippen molar-refractivity contribution < 1.29 is 4.42 Å². The Kier molecular flexibility index (Phi) is 3.06. The highest BCUT2D eigenvalue weighted by Gasteiger charge is 2.11. The van der Waals surface area contributed by atoms with Crippen LogP contribution < -0.4 is 11.1 Å². The van der Waals surface area contributed by atoms with Gasteiger partial charge >= 0.3 is 0 Å². The number of nitrogens with two attached hydrogens (primary N) is 1. The normalized spacial score (nSPS) is 11.2. The lowest BCUT2D eigenvalue weighted by molar-refractivity contribution is 0.478. The third kappa shape index (κ3) is 2.32. The molecule has 20 heavy (non-hydrogen) atoms. The first-order valence-corrected chi connectivity index (χ1v) is 7.05. The second kappa shape index (κ2) is 4.75. The number of nitrogens with one attached hydrogen (secondary N) is 1. The van der Waals surface area contributed by atoms with E-state index in [4.69, 9.17) is 10.2 Å². The highest BCUT2D eigenvalue weighted by atomic mass is 32.1. The Morgan fingerprint density at radius 1 is 1.25 bits per heavy atom. The highest BCUT2D eigenvalue weighted by molar-refractivity contribution is 7.18. The molecule has 0 saturated heterocycles. The van der Waals surface area contributed by atoms with Crippen LogP contribution in [0, 0.1) is 20.8 Å². The summed E-state index contributed by atoms with van der Waals surface area (Å²) in [7, 11) is 0. The number of thiophene rings is 1. The van der Waals surface area contributed by atoms with E-state index in [2.05, 4.69) is 20.3 Å². The lowest BCUT2D eigenvalue weighted by Crippen LogP contribution is -2.04. The van der Waals surface area contributed by atoms with Crippen LogP contribution in [0.1, 0.15) is 22.2 Å². The number of fused-ring (bicyclic) bond motifs is 1. The number of aromatic nitrogens is 3. The largest absolute Gasteiger partial charge is 0.444 e. The van der Waals surface area contributed by atoms with Crippen LogP contribution in [-0.2, 0) is 6.54 Å². The van der Waals surface area contributed by atoms with Crippen LogP contribution in [-0.4, -0.2) is 15.0 Å². The molecule has 3 aromatic heterocycles. The average Bonchev–Trinajstić information content (AvgIpc) is 2.89. The maximum absolute atomic E-state index is 5.74. The predicted molar refractivity (Wildman–Crippen MR) is 79.9 cm³/mol. The van der Waals surface area contributed by atoms with Crippen LogP contribution in [0.3, 0.4) is 0 Å². The molecule has 0 amide bonds. The van der Waals surface area contributed by atoms with Gasteiger partial charge in [0.2, 0.25) is 11.8 Å². The number of nitrogen functional groups attached to an aromatic ring is 1. The molecule has 0 fully saturated rings. The van der Waals surface area contributed by atoms with Gasteiger partial charge in [0.05, 0.1) is 17.6 Å². The van der Waals surface area contributed by atoms with E-state index in [1.165, 1.54) is 4.88 Å². The number of rotatable bonds is 3. The minimum absolute atomic E-state index is 0.265. The summed E-state index contributed by atoms with van der Waals surface area (Å²) in [4.78, 5) is 14.9. The van der Waals surface area contributed by atoms with Gasteiger partial charge in [-0.3, -0.25) is 0 Å². The molecule has 3 rings (SSSR count). The molecule has 0 saturated carbocycles. The van der Waals surface area contributed by atoms with Crippen molar-refractivity contribution >= 4 is 33.3 Å². The van der Waals surface area contributed by atoms with Crippen LogP contribution in [0.4, 0.5) is 11.8 Å². The molecule has 0 atom stereocenters. The minimum Gasteiger partial charge on any atom is -0.444 e. The van der Waals surface area contributed by atoms with Gasteiger partial charge in [-0.2, -0.15) is 4.98 Å². The summed E-state index contributed by atoms with van der Waals surface area (Å²) in [6.07, 6.45) is 0. The molecule has 0 spiro atoms. The number of oxazole rings is 1. The Morgan fingerprint density at radius 3 is 2.75 bits per heavy atom. The fraction of sp³-hybridized carbons (Fsp3) is 0.308. The maximum Gasteiger partial charge on any atom is 0.223 e. The molecular weight excluding hydrogens is 274 g/mol. The molecule has 6 nitrogen and oxygen atoms in total. The van der Waals surface area contributed by atoms with E-state index in [1.807, 2.05) is 26.8 Å². The van der Waals surface area contributed by atoms with E-state index in [-0.39, 0.29) is 5.95 Å². The molecule has 0 aliphatic carbocycles. The standard InChI is InChI=1S/C13H15N5OS/c1-6-4-9-11(17-13(14)18-12(9)20-6)15-5-10-16-7(2)8(3)19-10/h4H,5H2,1-3H3,(H3,14,15,17,18). The van der Waals surface area contributed by atoms with Crippen molar-refractivity contribution in [2.24, 2.45) is 0 Å². The zero-order chi connectivity index (χ0) is 14.3. The number of anilines is 2. The van der Waals surface area contributed by atoms with Crippen molar-refractivity contribution in [3.8, 4) is 0 Å². The van der Waals surface area contributed by atoms with Gasteiger partial charge in [-0.25, -0.2) is 9.97 Å². The van der Waals surface area contributed by atoms with Crippen LogP contribution in [0.2, 0.25) is 0 Å². The summed E-state index contributed by atoms with van der Waals surface area (Å²) in [5.74, 6) is 2.45. The molecule has 0 aliphatic rings. The van der Waals surface area contributed by atoms with E-state index < -0.39 is 0 Å². The van der Waals surface area contributed by atoms with Crippen molar-refractivity contribution in [2.75, 3.05) is 11.1 Å². The predicted octanol–water partition coefficient (Wildman–Crippen LogP) is 2.80. The molecular formula is C13H15N5OS. The van der Waals surface area contributed by atoms with E-state index in [0.717, 1.165) is 21.7 Å². The molecule has 0 radical (unpaired) electrons. The summed E-state index contributed by atoms with van der Waals surface area (Å²) in [5.41, 5.74) is 6.64. The fourth-order valence-corrected chi connectivity index (χ4v) is 2.85. The SMILES string of the molecule is Cc1cc2c(NCc3nc(C)c(C)o3)nc(N)nc2s1. The van der Waals surface area contributed by atoms with Crippen LogP contribution in [0.5, 0.6) is 0 Å². The summed E-state index contributed by atoms with van der Waals surface area (Å²) in [6.45, 7) is 6.32. The first kappa shape index (κ1) is 12.9. The van der Waals surface area contributed by atoms with E-state index >= 15 is 0 Å². The summed E-state index contributed by atoms with van der Waals surface area (Å²) >= 11 is 1.60. The maximum atomic E-state index is 5.74. The molecule has 0 aromatic carbocycles. The van der Waals surface area contributed by atoms with Gasteiger partial charge in [0, 0.05) is 4.88 Å². The lowest BCUT2D eigenvalue weighted by Gasteiger charge is -2.05. The van der Waals surface area contributed by atoms with Gasteiger partial charge in [-0.15, -0.1) is 11.3 Å². The summed E-state index contributed by atoms with van der Waals surface area (Å²) in [6, 6.07) is 2.05.